The summed E-state index contributed by atoms with van der Waals surface area (Å²) in [5, 5.41) is 15.1. The Hall–Kier alpha value is -2.94. The first kappa shape index (κ1) is 18.4. The predicted octanol–water partition coefficient (Wildman–Crippen LogP) is 2.78. The molecule has 9 heteroatoms. The molecule has 1 N–H and O–H groups in total. The molecule has 0 bridgehead atoms. The summed E-state index contributed by atoms with van der Waals surface area (Å²) in [5.74, 6) is -0.887. The third-order valence-corrected chi connectivity index (χ3v) is 4.13. The number of nitro benzene ring substituents is 1. The summed E-state index contributed by atoms with van der Waals surface area (Å²) in [7, 11) is 1.33. The number of nitrogens with one attached hydrogen (secondary N) is 1. The monoisotopic (exact) mass is 364 g/mol. The van der Waals surface area contributed by atoms with Gasteiger partial charge in [0, 0.05) is 10.9 Å². The average Bonchev–Trinajstić information content (AvgIpc) is 3.11. The first-order valence-electron chi connectivity index (χ1n) is 7.30. The van der Waals surface area contributed by atoms with Crippen molar-refractivity contribution in [1.82, 2.24) is 0 Å². The molecule has 0 aliphatic carbocycles. The number of nitro groups is 1. The summed E-state index contributed by atoms with van der Waals surface area (Å²) in [6.07, 6.45) is 0.753. The van der Waals surface area contributed by atoms with E-state index in [9.17, 15) is 19.7 Å². The maximum Gasteiger partial charge on any atom is 0.306 e. The van der Waals surface area contributed by atoms with E-state index < -0.39 is 23.4 Å². The van der Waals surface area contributed by atoms with Gasteiger partial charge in [0.2, 0.25) is 0 Å². The second-order valence-corrected chi connectivity index (χ2v) is 5.96. The quantitative estimate of drug-likeness (QED) is 0.438. The summed E-state index contributed by atoms with van der Waals surface area (Å²) in [5.41, 5.74) is 0.0996. The van der Waals surface area contributed by atoms with Crippen molar-refractivity contribution in [2.24, 2.45) is 0 Å². The zero-order valence-electron chi connectivity index (χ0n) is 13.4. The molecule has 0 aliphatic heterocycles. The number of carbonyl (C=O) groups is 2. The van der Waals surface area contributed by atoms with E-state index in [-0.39, 0.29) is 23.5 Å². The molecule has 1 amide bonds. The third-order valence-electron chi connectivity index (χ3n) is 3.19. The highest BCUT2D eigenvalue weighted by Gasteiger charge is 2.14. The third kappa shape index (κ3) is 5.57. The van der Waals surface area contributed by atoms with Crippen molar-refractivity contribution in [2.75, 3.05) is 19.0 Å². The van der Waals surface area contributed by atoms with Crippen molar-refractivity contribution >= 4 is 34.6 Å². The summed E-state index contributed by atoms with van der Waals surface area (Å²) in [6.45, 7) is -0.441. The lowest BCUT2D eigenvalue weighted by molar-refractivity contribution is -0.384. The number of hydrogen-bond acceptors (Lipinski definition) is 7. The zero-order chi connectivity index (χ0) is 18.2. The number of benzene rings is 1. The fraction of sp³-hybridized carbons (Fsp3) is 0.250. The van der Waals surface area contributed by atoms with Gasteiger partial charge in [0.1, 0.15) is 5.75 Å². The molecule has 0 unspecified atom stereocenters. The number of anilines is 1. The van der Waals surface area contributed by atoms with E-state index in [1.54, 1.807) is 11.3 Å². The second-order valence-electron chi connectivity index (χ2n) is 4.93. The van der Waals surface area contributed by atoms with Gasteiger partial charge in [-0.25, -0.2) is 0 Å². The second kappa shape index (κ2) is 8.78. The highest BCUT2D eigenvalue weighted by atomic mass is 32.1. The van der Waals surface area contributed by atoms with Crippen molar-refractivity contribution in [2.45, 2.75) is 12.8 Å². The molecular weight excluding hydrogens is 348 g/mol. The van der Waals surface area contributed by atoms with Crippen LogP contribution in [-0.2, 0) is 20.7 Å². The van der Waals surface area contributed by atoms with Crippen LogP contribution in [0.4, 0.5) is 11.4 Å². The Bertz CT molecular complexity index is 760. The van der Waals surface area contributed by atoms with Gasteiger partial charge in [-0.15, -0.1) is 11.3 Å². The van der Waals surface area contributed by atoms with Crippen LogP contribution in [-0.4, -0.2) is 30.5 Å². The minimum atomic E-state index is -0.566. The van der Waals surface area contributed by atoms with Crippen LogP contribution in [0.25, 0.3) is 0 Å². The smallest absolute Gasteiger partial charge is 0.306 e. The number of hydrogen-bond donors (Lipinski definition) is 1. The molecule has 8 nitrogen and oxygen atoms in total. The lowest BCUT2D eigenvalue weighted by atomic mass is 10.2. The fourth-order valence-electron chi connectivity index (χ4n) is 1.98. The largest absolute Gasteiger partial charge is 0.494 e. The molecule has 2 rings (SSSR count). The van der Waals surface area contributed by atoms with Crippen molar-refractivity contribution in [3.8, 4) is 5.75 Å². The molecule has 0 spiro atoms. The van der Waals surface area contributed by atoms with Gasteiger partial charge < -0.3 is 14.8 Å². The van der Waals surface area contributed by atoms with Crippen LogP contribution in [0.3, 0.4) is 0 Å². The van der Waals surface area contributed by atoms with E-state index in [1.807, 2.05) is 17.5 Å². The van der Waals surface area contributed by atoms with Gasteiger partial charge >= 0.3 is 5.97 Å². The molecule has 25 heavy (non-hydrogen) atoms. The molecular formula is C16H16N2O6S. The zero-order valence-corrected chi connectivity index (χ0v) is 14.2. The van der Waals surface area contributed by atoms with Gasteiger partial charge in [-0.05, 0) is 23.9 Å². The van der Waals surface area contributed by atoms with Gasteiger partial charge in [0.05, 0.1) is 30.2 Å². The number of aryl methyl sites for hydroxylation is 1. The van der Waals surface area contributed by atoms with E-state index in [2.05, 4.69) is 5.32 Å². The van der Waals surface area contributed by atoms with Crippen molar-refractivity contribution < 1.29 is 24.0 Å². The van der Waals surface area contributed by atoms with Crippen molar-refractivity contribution in [3.63, 3.8) is 0 Å². The van der Waals surface area contributed by atoms with E-state index in [1.165, 1.54) is 25.3 Å². The van der Waals surface area contributed by atoms with E-state index >= 15 is 0 Å². The number of amides is 1. The molecule has 0 radical (unpaired) electrons. The van der Waals surface area contributed by atoms with E-state index in [4.69, 9.17) is 9.47 Å². The molecule has 0 aliphatic rings. The number of rotatable bonds is 8. The van der Waals surface area contributed by atoms with Crippen LogP contribution >= 0.6 is 11.3 Å². The number of non-ortho nitro benzene ring substituents is 1. The minimum absolute atomic E-state index is 0.145. The number of methoxy groups -OCH3 is 1. The van der Waals surface area contributed by atoms with Crippen LogP contribution in [0.5, 0.6) is 5.75 Å². The maximum atomic E-state index is 11.9. The van der Waals surface area contributed by atoms with Gasteiger partial charge in [0.15, 0.2) is 6.61 Å². The standard InChI is InChI=1S/C16H16N2O6S/c1-23-14-9-11(18(21)22)4-6-13(14)17-15(19)10-24-16(20)7-5-12-3-2-8-25-12/h2-4,6,8-9H,5,7,10H2,1H3,(H,17,19). The highest BCUT2D eigenvalue weighted by molar-refractivity contribution is 7.09. The van der Waals surface area contributed by atoms with Crippen LogP contribution in [0.1, 0.15) is 11.3 Å². The van der Waals surface area contributed by atoms with Gasteiger partial charge in [0.25, 0.3) is 11.6 Å². The average molecular weight is 364 g/mol. The maximum absolute atomic E-state index is 11.9. The van der Waals surface area contributed by atoms with Gasteiger partial charge in [-0.2, -0.15) is 0 Å². The highest BCUT2D eigenvalue weighted by Crippen LogP contribution is 2.28. The Morgan fingerprint density at radius 1 is 1.32 bits per heavy atom. The van der Waals surface area contributed by atoms with Crippen molar-refractivity contribution in [3.05, 3.63) is 50.7 Å². The van der Waals surface area contributed by atoms with Crippen LogP contribution < -0.4 is 10.1 Å². The van der Waals surface area contributed by atoms with Crippen LogP contribution in [0.15, 0.2) is 35.7 Å². The molecule has 0 saturated heterocycles. The minimum Gasteiger partial charge on any atom is -0.494 e. The number of ether oxygens (including phenoxy) is 2. The topological polar surface area (TPSA) is 108 Å². The van der Waals surface area contributed by atoms with E-state index in [0.29, 0.717) is 6.42 Å². The molecule has 0 atom stereocenters. The molecule has 1 aromatic heterocycles. The lowest BCUT2D eigenvalue weighted by Crippen LogP contribution is -2.21. The molecule has 1 heterocycles. The summed E-state index contributed by atoms with van der Waals surface area (Å²) in [4.78, 5) is 34.7. The van der Waals surface area contributed by atoms with Crippen LogP contribution in [0.2, 0.25) is 0 Å². The van der Waals surface area contributed by atoms with Crippen molar-refractivity contribution in [1.29, 1.82) is 0 Å². The summed E-state index contributed by atoms with van der Waals surface area (Å²) in [6, 6.07) is 7.61. The summed E-state index contributed by atoms with van der Waals surface area (Å²) < 4.78 is 9.93. The fourth-order valence-corrected chi connectivity index (χ4v) is 2.69. The Morgan fingerprint density at radius 2 is 2.12 bits per heavy atom. The van der Waals surface area contributed by atoms with E-state index in [0.717, 1.165) is 4.88 Å². The Labute approximate surface area is 147 Å². The molecule has 132 valence electrons. The molecule has 0 fully saturated rings. The van der Waals surface area contributed by atoms with Crippen LogP contribution in [0, 0.1) is 10.1 Å². The van der Waals surface area contributed by atoms with Gasteiger partial charge in [-0.3, -0.25) is 19.7 Å². The SMILES string of the molecule is COc1cc([N+](=O)[O-])ccc1NC(=O)COC(=O)CCc1cccs1. The normalized spacial score (nSPS) is 10.1. The molecule has 2 aromatic rings. The number of esters is 1. The predicted molar refractivity (Wildman–Crippen MR) is 91.9 cm³/mol. The Kier molecular flexibility index (Phi) is 6.47. The number of thiophene rings is 1. The summed E-state index contributed by atoms with van der Waals surface area (Å²) >= 11 is 1.55. The number of carbonyl (C=O) groups excluding carboxylic acids is 2. The lowest BCUT2D eigenvalue weighted by Gasteiger charge is -2.10. The number of nitrogens with zero attached hydrogens (tertiary/aromatic N) is 1. The molecule has 1 aromatic carbocycles. The Balaban J connectivity index is 1.83. The molecule has 0 saturated carbocycles. The first-order chi connectivity index (χ1) is 12.0. The Morgan fingerprint density at radius 3 is 2.76 bits per heavy atom. The first-order valence-corrected chi connectivity index (χ1v) is 8.18. The van der Waals surface area contributed by atoms with Gasteiger partial charge in [-0.1, -0.05) is 6.07 Å².